The standard InChI is InChI=1S/C28H25N5O2S/c1-35-24-10-6-20(7-11-24)18-33-26-17-30-14-12-25(26)32-28(33)36-19-21-4-8-23(9-5-21)27(34)31-16-22-3-2-13-29-15-22/h2-15,17H,16,18-19H2,1H3,(H,31,34). The molecule has 0 spiro atoms. The lowest BCUT2D eigenvalue weighted by atomic mass is 10.1. The van der Waals surface area contributed by atoms with Crippen LogP contribution in [0.4, 0.5) is 0 Å². The van der Waals surface area contributed by atoms with Crippen LogP contribution in [0.15, 0.2) is 96.7 Å². The van der Waals surface area contributed by atoms with Gasteiger partial charge in [0.15, 0.2) is 5.16 Å². The maximum absolute atomic E-state index is 12.5. The van der Waals surface area contributed by atoms with Gasteiger partial charge in [-0.3, -0.25) is 14.8 Å². The van der Waals surface area contributed by atoms with Gasteiger partial charge >= 0.3 is 0 Å². The minimum Gasteiger partial charge on any atom is -0.497 e. The van der Waals surface area contributed by atoms with E-state index in [-0.39, 0.29) is 5.91 Å². The lowest BCUT2D eigenvalue weighted by molar-refractivity contribution is 0.0951. The monoisotopic (exact) mass is 495 g/mol. The van der Waals surface area contributed by atoms with E-state index in [1.54, 1.807) is 37.5 Å². The highest BCUT2D eigenvalue weighted by Crippen LogP contribution is 2.28. The number of ether oxygens (including phenoxy) is 1. The maximum Gasteiger partial charge on any atom is 0.251 e. The Balaban J connectivity index is 1.26. The van der Waals surface area contributed by atoms with E-state index in [1.165, 1.54) is 0 Å². The third kappa shape index (κ3) is 5.55. The predicted octanol–water partition coefficient (Wildman–Crippen LogP) is 5.11. The van der Waals surface area contributed by atoms with Crippen molar-refractivity contribution in [3.63, 3.8) is 0 Å². The number of fused-ring (bicyclic) bond motifs is 1. The number of carbonyl (C=O) groups is 1. The summed E-state index contributed by atoms with van der Waals surface area (Å²) in [5, 5.41) is 3.86. The molecule has 5 aromatic rings. The molecule has 0 bridgehead atoms. The Morgan fingerprint density at radius 2 is 1.69 bits per heavy atom. The summed E-state index contributed by atoms with van der Waals surface area (Å²) >= 11 is 1.67. The van der Waals surface area contributed by atoms with E-state index in [0.717, 1.165) is 44.4 Å². The lowest BCUT2D eigenvalue weighted by Crippen LogP contribution is -2.22. The van der Waals surface area contributed by atoms with E-state index >= 15 is 0 Å². The van der Waals surface area contributed by atoms with Crippen molar-refractivity contribution in [2.45, 2.75) is 24.0 Å². The molecule has 3 heterocycles. The molecule has 2 aromatic carbocycles. The number of nitrogens with one attached hydrogen (secondary N) is 1. The first kappa shape index (κ1) is 23.6. The van der Waals surface area contributed by atoms with Crippen LogP contribution < -0.4 is 10.1 Å². The summed E-state index contributed by atoms with van der Waals surface area (Å²) in [4.78, 5) is 25.7. The van der Waals surface area contributed by atoms with Crippen LogP contribution in [0.3, 0.4) is 0 Å². The van der Waals surface area contributed by atoms with Gasteiger partial charge in [0, 0.05) is 36.5 Å². The molecule has 0 saturated carbocycles. The third-order valence-corrected chi connectivity index (χ3v) is 6.82. The summed E-state index contributed by atoms with van der Waals surface area (Å²) in [6, 6.07) is 21.5. The van der Waals surface area contributed by atoms with Gasteiger partial charge < -0.3 is 14.6 Å². The molecule has 0 saturated heterocycles. The number of thioether (sulfide) groups is 1. The number of nitrogens with zero attached hydrogens (tertiary/aromatic N) is 4. The van der Waals surface area contributed by atoms with Gasteiger partial charge in [-0.25, -0.2) is 4.98 Å². The third-order valence-electron chi connectivity index (χ3n) is 5.78. The number of carbonyl (C=O) groups excluding carboxylic acids is 1. The number of pyridine rings is 2. The Hall–Kier alpha value is -4.17. The van der Waals surface area contributed by atoms with Crippen LogP contribution in [-0.4, -0.2) is 32.5 Å². The first-order chi connectivity index (χ1) is 17.7. The molecule has 1 amide bonds. The van der Waals surface area contributed by atoms with Crippen LogP contribution in [0.25, 0.3) is 11.0 Å². The fourth-order valence-corrected chi connectivity index (χ4v) is 4.78. The van der Waals surface area contributed by atoms with Crippen molar-refractivity contribution >= 4 is 28.7 Å². The molecule has 1 N–H and O–H groups in total. The highest BCUT2D eigenvalue weighted by Gasteiger charge is 2.13. The van der Waals surface area contributed by atoms with E-state index in [0.29, 0.717) is 18.7 Å². The summed E-state index contributed by atoms with van der Waals surface area (Å²) in [6.45, 7) is 1.13. The van der Waals surface area contributed by atoms with Crippen molar-refractivity contribution in [1.29, 1.82) is 0 Å². The Kier molecular flexibility index (Phi) is 7.23. The molecule has 0 atom stereocenters. The van der Waals surface area contributed by atoms with Crippen molar-refractivity contribution in [3.05, 3.63) is 114 Å². The highest BCUT2D eigenvalue weighted by molar-refractivity contribution is 7.98. The summed E-state index contributed by atoms with van der Waals surface area (Å²) in [5.41, 5.74) is 5.78. The average molecular weight is 496 g/mol. The Morgan fingerprint density at radius 3 is 2.44 bits per heavy atom. The zero-order valence-corrected chi connectivity index (χ0v) is 20.6. The van der Waals surface area contributed by atoms with Crippen molar-refractivity contribution in [2.24, 2.45) is 0 Å². The van der Waals surface area contributed by atoms with E-state index < -0.39 is 0 Å². The van der Waals surface area contributed by atoms with Crippen molar-refractivity contribution < 1.29 is 9.53 Å². The van der Waals surface area contributed by atoms with E-state index in [1.807, 2.05) is 60.8 Å². The number of hydrogen-bond acceptors (Lipinski definition) is 6. The number of methoxy groups -OCH3 is 1. The van der Waals surface area contributed by atoms with Crippen LogP contribution in [0.5, 0.6) is 5.75 Å². The second-order valence-electron chi connectivity index (χ2n) is 8.22. The zero-order valence-electron chi connectivity index (χ0n) is 19.8. The molecule has 0 fully saturated rings. The Bertz CT molecular complexity index is 1450. The minimum absolute atomic E-state index is 0.105. The van der Waals surface area contributed by atoms with Gasteiger partial charge in [0.05, 0.1) is 30.9 Å². The molecule has 36 heavy (non-hydrogen) atoms. The molecule has 0 aliphatic rings. The first-order valence-electron chi connectivity index (χ1n) is 11.5. The fraction of sp³-hybridized carbons (Fsp3) is 0.143. The zero-order chi connectivity index (χ0) is 24.7. The van der Waals surface area contributed by atoms with Crippen molar-refractivity contribution in [3.8, 4) is 5.75 Å². The fourth-order valence-electron chi connectivity index (χ4n) is 3.81. The van der Waals surface area contributed by atoms with Gasteiger partial charge in [0.2, 0.25) is 0 Å². The minimum atomic E-state index is -0.105. The van der Waals surface area contributed by atoms with Gasteiger partial charge in [0.25, 0.3) is 5.91 Å². The Morgan fingerprint density at radius 1 is 0.917 bits per heavy atom. The molecule has 8 heteroatoms. The predicted molar refractivity (Wildman–Crippen MR) is 141 cm³/mol. The van der Waals surface area contributed by atoms with Gasteiger partial charge in [-0.1, -0.05) is 42.1 Å². The molecule has 0 aliphatic carbocycles. The van der Waals surface area contributed by atoms with Gasteiger partial charge in [0.1, 0.15) is 5.75 Å². The van der Waals surface area contributed by atoms with Crippen LogP contribution in [-0.2, 0) is 18.8 Å². The van der Waals surface area contributed by atoms with Crippen LogP contribution in [0, 0.1) is 0 Å². The quantitative estimate of drug-likeness (QED) is 0.286. The molecule has 0 unspecified atom stereocenters. The molecule has 0 radical (unpaired) electrons. The van der Waals surface area contributed by atoms with Crippen LogP contribution >= 0.6 is 11.8 Å². The molecule has 7 nitrogen and oxygen atoms in total. The maximum atomic E-state index is 12.5. The number of rotatable bonds is 9. The first-order valence-corrected chi connectivity index (χ1v) is 12.5. The van der Waals surface area contributed by atoms with Crippen LogP contribution in [0.1, 0.15) is 27.0 Å². The molecule has 0 aliphatic heterocycles. The highest BCUT2D eigenvalue weighted by atomic mass is 32.2. The van der Waals surface area contributed by atoms with Gasteiger partial charge in [-0.05, 0) is 53.1 Å². The largest absolute Gasteiger partial charge is 0.497 e. The van der Waals surface area contributed by atoms with Crippen molar-refractivity contribution in [1.82, 2.24) is 24.8 Å². The summed E-state index contributed by atoms with van der Waals surface area (Å²) in [6.07, 6.45) is 7.08. The SMILES string of the molecule is COc1ccc(Cn2c(SCc3ccc(C(=O)NCc4cccnc4)cc3)nc3ccncc32)cc1. The van der Waals surface area contributed by atoms with Crippen molar-refractivity contribution in [2.75, 3.05) is 7.11 Å². The molecule has 3 aromatic heterocycles. The van der Waals surface area contributed by atoms with Gasteiger partial charge in [-0.15, -0.1) is 0 Å². The molecular formula is C28H25N5O2S. The normalized spacial score (nSPS) is 10.9. The number of aromatic nitrogens is 4. The number of amides is 1. The molecule has 5 rings (SSSR count). The topological polar surface area (TPSA) is 81.9 Å². The average Bonchev–Trinajstić information content (AvgIpc) is 3.29. The molecular weight excluding hydrogens is 470 g/mol. The Labute approximate surface area is 213 Å². The van der Waals surface area contributed by atoms with Gasteiger partial charge in [-0.2, -0.15) is 0 Å². The van der Waals surface area contributed by atoms with E-state index in [4.69, 9.17) is 9.72 Å². The summed E-state index contributed by atoms with van der Waals surface area (Å²) < 4.78 is 7.47. The smallest absolute Gasteiger partial charge is 0.251 e. The second kappa shape index (κ2) is 11.0. The lowest BCUT2D eigenvalue weighted by Gasteiger charge is -2.10. The number of hydrogen-bond donors (Lipinski definition) is 1. The summed E-state index contributed by atoms with van der Waals surface area (Å²) in [5.74, 6) is 1.46. The van der Waals surface area contributed by atoms with E-state index in [9.17, 15) is 4.79 Å². The van der Waals surface area contributed by atoms with Crippen LogP contribution in [0.2, 0.25) is 0 Å². The molecule has 180 valence electrons. The number of benzene rings is 2. The van der Waals surface area contributed by atoms with E-state index in [2.05, 4.69) is 32.0 Å². The number of imidazole rings is 1. The second-order valence-corrected chi connectivity index (χ2v) is 9.17. The summed E-state index contributed by atoms with van der Waals surface area (Å²) in [7, 11) is 1.67.